The van der Waals surface area contributed by atoms with Gasteiger partial charge in [-0.3, -0.25) is 0 Å². The molecule has 0 radical (unpaired) electrons. The summed E-state index contributed by atoms with van der Waals surface area (Å²) in [5, 5.41) is 11.7. The lowest BCUT2D eigenvalue weighted by Gasteiger charge is -1.96. The van der Waals surface area contributed by atoms with E-state index in [1.165, 1.54) is 12.8 Å². The van der Waals surface area contributed by atoms with Crippen LogP contribution in [0.1, 0.15) is 19.3 Å². The molecule has 0 amide bonds. The quantitative estimate of drug-likeness (QED) is 0.510. The van der Waals surface area contributed by atoms with E-state index in [0.29, 0.717) is 6.61 Å². The van der Waals surface area contributed by atoms with Gasteiger partial charge in [0.2, 0.25) is 0 Å². The first-order valence-electron chi connectivity index (χ1n) is 3.27. The third kappa shape index (κ3) is 2.28. The van der Waals surface area contributed by atoms with Gasteiger partial charge in [-0.2, -0.15) is 0 Å². The molecule has 1 rings (SSSR count). The Hall–Kier alpha value is -0.0800. The predicted molar refractivity (Wildman–Crippen MR) is 32.7 cm³/mol. The second-order valence-electron chi connectivity index (χ2n) is 2.31. The van der Waals surface area contributed by atoms with Crippen molar-refractivity contribution in [2.45, 2.75) is 25.3 Å². The zero-order valence-electron chi connectivity index (χ0n) is 5.06. The molecule has 2 N–H and O–H groups in total. The summed E-state index contributed by atoms with van der Waals surface area (Å²) in [7, 11) is 0. The highest BCUT2D eigenvalue weighted by Crippen LogP contribution is 2.17. The molecule has 0 spiro atoms. The molecule has 8 heavy (non-hydrogen) atoms. The first-order chi connectivity index (χ1) is 3.93. The summed E-state index contributed by atoms with van der Waals surface area (Å²) in [4.78, 5) is 0. The van der Waals surface area contributed by atoms with E-state index in [2.05, 4.69) is 5.32 Å². The highest BCUT2D eigenvalue weighted by molar-refractivity contribution is 4.80. The van der Waals surface area contributed by atoms with Crippen molar-refractivity contribution in [3.05, 3.63) is 0 Å². The molecule has 2 heteroatoms. The minimum Gasteiger partial charge on any atom is -0.396 e. The smallest absolute Gasteiger partial charge is 0.0443 e. The Balaban J connectivity index is 1.74. The van der Waals surface area contributed by atoms with Gasteiger partial charge in [0.1, 0.15) is 0 Å². The van der Waals surface area contributed by atoms with Crippen LogP contribution in [0.25, 0.3) is 0 Å². The summed E-state index contributed by atoms with van der Waals surface area (Å²) < 4.78 is 0. The van der Waals surface area contributed by atoms with E-state index in [0.717, 1.165) is 19.0 Å². The molecule has 0 saturated heterocycles. The number of hydrogen-bond donors (Lipinski definition) is 2. The number of hydrogen-bond acceptors (Lipinski definition) is 2. The van der Waals surface area contributed by atoms with Gasteiger partial charge in [0.25, 0.3) is 0 Å². The van der Waals surface area contributed by atoms with Crippen LogP contribution in [0.15, 0.2) is 0 Å². The van der Waals surface area contributed by atoms with Crippen molar-refractivity contribution >= 4 is 0 Å². The van der Waals surface area contributed by atoms with Crippen LogP contribution in [0.5, 0.6) is 0 Å². The van der Waals surface area contributed by atoms with E-state index >= 15 is 0 Å². The van der Waals surface area contributed by atoms with Crippen molar-refractivity contribution in [2.24, 2.45) is 0 Å². The molecule has 48 valence electrons. The molecular weight excluding hydrogens is 102 g/mol. The Bertz CT molecular complexity index is 61.5. The number of nitrogens with one attached hydrogen (secondary N) is 1. The minimum absolute atomic E-state index is 0.319. The maximum absolute atomic E-state index is 8.36. The molecule has 0 aromatic rings. The average Bonchev–Trinajstić information content (AvgIpc) is 2.51. The van der Waals surface area contributed by atoms with E-state index in [4.69, 9.17) is 5.11 Å². The second-order valence-corrected chi connectivity index (χ2v) is 2.31. The number of rotatable bonds is 4. The number of aliphatic hydroxyl groups excluding tert-OH is 1. The normalized spacial score (nSPS) is 19.1. The lowest BCUT2D eigenvalue weighted by atomic mass is 10.4. The average molecular weight is 115 g/mol. The Morgan fingerprint density at radius 3 is 2.75 bits per heavy atom. The molecule has 0 aliphatic heterocycles. The molecule has 0 atom stereocenters. The van der Waals surface area contributed by atoms with Crippen LogP contribution in [-0.4, -0.2) is 24.3 Å². The lowest BCUT2D eigenvalue weighted by molar-refractivity contribution is 0.286. The summed E-state index contributed by atoms with van der Waals surface area (Å²) >= 11 is 0. The first kappa shape index (κ1) is 6.05. The molecule has 1 aliphatic carbocycles. The fourth-order valence-corrected chi connectivity index (χ4v) is 0.673. The Morgan fingerprint density at radius 2 is 2.25 bits per heavy atom. The molecular formula is C6H13NO. The van der Waals surface area contributed by atoms with E-state index in [9.17, 15) is 0 Å². The van der Waals surface area contributed by atoms with Gasteiger partial charge in [-0.05, 0) is 25.8 Å². The van der Waals surface area contributed by atoms with Gasteiger partial charge >= 0.3 is 0 Å². The lowest BCUT2D eigenvalue weighted by Crippen LogP contribution is -2.18. The fraction of sp³-hybridized carbons (Fsp3) is 1.00. The molecule has 1 aliphatic rings. The summed E-state index contributed by atoms with van der Waals surface area (Å²) in [6.45, 7) is 1.31. The van der Waals surface area contributed by atoms with Crippen LogP contribution in [0, 0.1) is 0 Å². The molecule has 0 aromatic heterocycles. The molecule has 0 bridgehead atoms. The second kappa shape index (κ2) is 3.05. The van der Waals surface area contributed by atoms with E-state index < -0.39 is 0 Å². The standard InChI is InChI=1S/C6H13NO/c8-5-1-4-7-6-2-3-6/h6-8H,1-5H2. The maximum Gasteiger partial charge on any atom is 0.0443 e. The van der Waals surface area contributed by atoms with Crippen molar-refractivity contribution in [2.75, 3.05) is 13.2 Å². The van der Waals surface area contributed by atoms with Crippen LogP contribution in [0.2, 0.25) is 0 Å². The summed E-state index contributed by atoms with van der Waals surface area (Å²) in [5.41, 5.74) is 0. The third-order valence-corrected chi connectivity index (χ3v) is 1.35. The SMILES string of the molecule is OCCCNC1CC1. The van der Waals surface area contributed by atoms with Gasteiger partial charge in [0.15, 0.2) is 0 Å². The van der Waals surface area contributed by atoms with E-state index in [-0.39, 0.29) is 0 Å². The molecule has 0 unspecified atom stereocenters. The zero-order chi connectivity index (χ0) is 5.82. The monoisotopic (exact) mass is 115 g/mol. The molecule has 2 nitrogen and oxygen atoms in total. The Morgan fingerprint density at radius 1 is 1.50 bits per heavy atom. The van der Waals surface area contributed by atoms with Gasteiger partial charge in [-0.25, -0.2) is 0 Å². The van der Waals surface area contributed by atoms with Crippen LogP contribution in [-0.2, 0) is 0 Å². The largest absolute Gasteiger partial charge is 0.396 e. The van der Waals surface area contributed by atoms with E-state index in [1.807, 2.05) is 0 Å². The van der Waals surface area contributed by atoms with Crippen molar-refractivity contribution in [1.82, 2.24) is 5.32 Å². The van der Waals surface area contributed by atoms with Gasteiger partial charge in [-0.1, -0.05) is 0 Å². The van der Waals surface area contributed by atoms with Crippen LogP contribution < -0.4 is 5.32 Å². The minimum atomic E-state index is 0.319. The maximum atomic E-state index is 8.36. The molecule has 0 aromatic carbocycles. The van der Waals surface area contributed by atoms with Gasteiger partial charge in [0.05, 0.1) is 0 Å². The molecule has 0 heterocycles. The van der Waals surface area contributed by atoms with Crippen LogP contribution in [0.3, 0.4) is 0 Å². The Kier molecular flexibility index (Phi) is 2.30. The van der Waals surface area contributed by atoms with Crippen molar-refractivity contribution in [1.29, 1.82) is 0 Å². The van der Waals surface area contributed by atoms with Crippen LogP contribution >= 0.6 is 0 Å². The summed E-state index contributed by atoms with van der Waals surface area (Å²) in [6.07, 6.45) is 3.58. The highest BCUT2D eigenvalue weighted by atomic mass is 16.3. The van der Waals surface area contributed by atoms with Crippen LogP contribution in [0.4, 0.5) is 0 Å². The molecule has 1 saturated carbocycles. The van der Waals surface area contributed by atoms with Gasteiger partial charge in [-0.15, -0.1) is 0 Å². The third-order valence-electron chi connectivity index (χ3n) is 1.35. The highest BCUT2D eigenvalue weighted by Gasteiger charge is 2.19. The van der Waals surface area contributed by atoms with E-state index in [1.54, 1.807) is 0 Å². The zero-order valence-corrected chi connectivity index (χ0v) is 5.06. The molecule has 1 fully saturated rings. The first-order valence-corrected chi connectivity index (χ1v) is 3.27. The fourth-order valence-electron chi connectivity index (χ4n) is 0.673. The topological polar surface area (TPSA) is 32.3 Å². The van der Waals surface area contributed by atoms with Gasteiger partial charge in [0, 0.05) is 12.6 Å². The van der Waals surface area contributed by atoms with Crippen molar-refractivity contribution in [3.8, 4) is 0 Å². The predicted octanol–water partition coefficient (Wildman–Crippen LogP) is 0.121. The number of aliphatic hydroxyl groups is 1. The van der Waals surface area contributed by atoms with Crippen molar-refractivity contribution in [3.63, 3.8) is 0 Å². The summed E-state index contributed by atoms with van der Waals surface area (Å²) in [5.74, 6) is 0. The Labute approximate surface area is 49.9 Å². The van der Waals surface area contributed by atoms with Gasteiger partial charge < -0.3 is 10.4 Å². The van der Waals surface area contributed by atoms with Crippen molar-refractivity contribution < 1.29 is 5.11 Å². The summed E-state index contributed by atoms with van der Waals surface area (Å²) in [6, 6.07) is 0.793.